The third-order valence-corrected chi connectivity index (χ3v) is 7.08. The van der Waals surface area contributed by atoms with Crippen molar-refractivity contribution in [3.05, 3.63) is 24.3 Å². The Morgan fingerprint density at radius 2 is 1.69 bits per heavy atom. The zero-order valence-corrected chi connectivity index (χ0v) is 21.9. The monoisotopic (exact) mass is 508 g/mol. The Morgan fingerprint density at radius 3 is 2.36 bits per heavy atom. The summed E-state index contributed by atoms with van der Waals surface area (Å²) in [5.41, 5.74) is 0. The molecular weight excluding hydrogens is 464 g/mol. The Labute approximate surface area is 215 Å². The van der Waals surface area contributed by atoms with Crippen LogP contribution >= 0.6 is 0 Å². The lowest BCUT2D eigenvalue weighted by atomic mass is 9.89. The van der Waals surface area contributed by atoms with Crippen LogP contribution in [-0.4, -0.2) is 63.7 Å². The van der Waals surface area contributed by atoms with Crippen LogP contribution in [0.4, 0.5) is 0 Å². The fraction of sp³-hybridized carbons (Fsp3) is 0.786. The SMILES string of the molecule is COC(=O)CCCC=CC[C@@H]1[C@@H](C=CCOC2CCCCO2)[C@H](OC2CCCCO2)C[C@@H]1OC(C)=O. The van der Waals surface area contributed by atoms with E-state index in [1.165, 1.54) is 14.0 Å². The van der Waals surface area contributed by atoms with Crippen molar-refractivity contribution in [2.75, 3.05) is 26.9 Å². The van der Waals surface area contributed by atoms with E-state index >= 15 is 0 Å². The molecule has 0 aromatic carbocycles. The van der Waals surface area contributed by atoms with Gasteiger partial charge in [0.2, 0.25) is 0 Å². The third kappa shape index (κ3) is 9.96. The minimum absolute atomic E-state index is 0.0652. The number of methoxy groups -OCH3 is 1. The smallest absolute Gasteiger partial charge is 0.305 e. The van der Waals surface area contributed by atoms with E-state index in [2.05, 4.69) is 18.2 Å². The molecule has 0 aromatic rings. The lowest BCUT2D eigenvalue weighted by molar-refractivity contribution is -0.193. The fourth-order valence-corrected chi connectivity index (χ4v) is 5.22. The molecule has 204 valence electrons. The van der Waals surface area contributed by atoms with Crippen molar-refractivity contribution in [2.24, 2.45) is 11.8 Å². The van der Waals surface area contributed by atoms with E-state index in [1.54, 1.807) is 0 Å². The van der Waals surface area contributed by atoms with Crippen LogP contribution < -0.4 is 0 Å². The van der Waals surface area contributed by atoms with E-state index < -0.39 is 0 Å². The second kappa shape index (κ2) is 16.2. The van der Waals surface area contributed by atoms with Gasteiger partial charge in [-0.2, -0.15) is 0 Å². The number of hydrogen-bond acceptors (Lipinski definition) is 8. The summed E-state index contributed by atoms with van der Waals surface area (Å²) in [5, 5.41) is 0. The van der Waals surface area contributed by atoms with E-state index in [4.69, 9.17) is 28.4 Å². The molecule has 1 aliphatic carbocycles. The van der Waals surface area contributed by atoms with Crippen LogP contribution in [0.25, 0.3) is 0 Å². The summed E-state index contributed by atoms with van der Waals surface area (Å²) in [7, 11) is 1.41. The van der Waals surface area contributed by atoms with E-state index in [-0.39, 0.29) is 48.6 Å². The van der Waals surface area contributed by atoms with Crippen LogP contribution in [0.1, 0.15) is 77.6 Å². The molecule has 3 fully saturated rings. The van der Waals surface area contributed by atoms with Crippen molar-refractivity contribution in [2.45, 2.75) is 102 Å². The van der Waals surface area contributed by atoms with Crippen molar-refractivity contribution >= 4 is 11.9 Å². The summed E-state index contributed by atoms with van der Waals surface area (Å²) >= 11 is 0. The van der Waals surface area contributed by atoms with E-state index in [1.807, 2.05) is 6.08 Å². The molecule has 6 atom stereocenters. The second-order valence-corrected chi connectivity index (χ2v) is 9.83. The first-order valence-corrected chi connectivity index (χ1v) is 13.6. The van der Waals surface area contributed by atoms with Gasteiger partial charge in [-0.15, -0.1) is 0 Å². The van der Waals surface area contributed by atoms with Gasteiger partial charge in [0.15, 0.2) is 12.6 Å². The maximum Gasteiger partial charge on any atom is 0.305 e. The van der Waals surface area contributed by atoms with E-state index in [9.17, 15) is 9.59 Å². The number of carbonyl (C=O) groups excluding carboxylic acids is 2. The highest BCUT2D eigenvalue weighted by atomic mass is 16.7. The number of carbonyl (C=O) groups is 2. The van der Waals surface area contributed by atoms with Gasteiger partial charge in [0.25, 0.3) is 0 Å². The van der Waals surface area contributed by atoms with Crippen molar-refractivity contribution in [3.8, 4) is 0 Å². The average molecular weight is 509 g/mol. The van der Waals surface area contributed by atoms with Crippen LogP contribution in [0, 0.1) is 11.8 Å². The van der Waals surface area contributed by atoms with Gasteiger partial charge >= 0.3 is 11.9 Å². The molecule has 0 radical (unpaired) electrons. The van der Waals surface area contributed by atoms with Crippen LogP contribution in [0.5, 0.6) is 0 Å². The molecule has 0 bridgehead atoms. The molecule has 2 aliphatic heterocycles. The predicted molar refractivity (Wildman–Crippen MR) is 134 cm³/mol. The standard InChI is InChI=1S/C28H44O8/c1-21(29)35-24-20-25(36-28-16-8-10-18-34-28)23(13-11-19-33-27-15-7-9-17-32-27)22(24)12-5-3-4-6-14-26(30)31-2/h3,5,11,13,22-25,27-28H,4,6-10,12,14-20H2,1-2H3/t22-,23-,24+,25-,27?,28?/m1/s1. The van der Waals surface area contributed by atoms with Gasteiger partial charge in [0.05, 0.1) is 19.8 Å². The summed E-state index contributed by atoms with van der Waals surface area (Å²) in [5.74, 6) is -0.316. The fourth-order valence-electron chi connectivity index (χ4n) is 5.22. The van der Waals surface area contributed by atoms with Gasteiger partial charge in [0, 0.05) is 44.8 Å². The summed E-state index contributed by atoms with van der Waals surface area (Å²) < 4.78 is 34.3. The van der Waals surface area contributed by atoms with Gasteiger partial charge in [-0.25, -0.2) is 0 Å². The Balaban J connectivity index is 1.63. The summed E-state index contributed by atoms with van der Waals surface area (Å²) in [6.07, 6.45) is 17.3. The topological polar surface area (TPSA) is 89.5 Å². The molecule has 8 heteroatoms. The number of allylic oxidation sites excluding steroid dienone is 2. The lowest BCUT2D eigenvalue weighted by Gasteiger charge is -2.29. The number of unbranched alkanes of at least 4 members (excludes halogenated alkanes) is 1. The Bertz CT molecular complexity index is 708. The molecule has 0 spiro atoms. The molecular formula is C28H44O8. The maximum atomic E-state index is 11.9. The first-order chi connectivity index (χ1) is 17.6. The molecule has 0 aromatic heterocycles. The Morgan fingerprint density at radius 1 is 0.944 bits per heavy atom. The molecule has 1 saturated carbocycles. The Kier molecular flexibility index (Phi) is 13.0. The van der Waals surface area contributed by atoms with Crippen molar-refractivity contribution in [1.29, 1.82) is 0 Å². The zero-order chi connectivity index (χ0) is 25.6. The first-order valence-electron chi connectivity index (χ1n) is 13.6. The molecule has 36 heavy (non-hydrogen) atoms. The summed E-state index contributed by atoms with van der Waals surface area (Å²) in [6.45, 7) is 3.41. The number of rotatable bonds is 13. The molecule has 2 saturated heterocycles. The van der Waals surface area contributed by atoms with Gasteiger partial charge < -0.3 is 28.4 Å². The largest absolute Gasteiger partial charge is 0.469 e. The number of hydrogen-bond donors (Lipinski definition) is 0. The van der Waals surface area contributed by atoms with Gasteiger partial charge in [-0.1, -0.05) is 24.3 Å². The maximum absolute atomic E-state index is 11.9. The minimum atomic E-state index is -0.276. The van der Waals surface area contributed by atoms with Gasteiger partial charge in [0.1, 0.15) is 6.10 Å². The van der Waals surface area contributed by atoms with E-state index in [0.717, 1.165) is 71.0 Å². The highest BCUT2D eigenvalue weighted by molar-refractivity contribution is 5.69. The summed E-state index contributed by atoms with van der Waals surface area (Å²) in [4.78, 5) is 23.2. The van der Waals surface area contributed by atoms with Gasteiger partial charge in [-0.3, -0.25) is 9.59 Å². The van der Waals surface area contributed by atoms with Crippen molar-refractivity contribution in [3.63, 3.8) is 0 Å². The minimum Gasteiger partial charge on any atom is -0.469 e. The van der Waals surface area contributed by atoms with Crippen LogP contribution in [-0.2, 0) is 38.0 Å². The highest BCUT2D eigenvalue weighted by Crippen LogP contribution is 2.41. The molecule has 2 unspecified atom stereocenters. The molecule has 2 heterocycles. The lowest BCUT2D eigenvalue weighted by Crippen LogP contribution is -2.30. The predicted octanol–water partition coefficient (Wildman–Crippen LogP) is 4.86. The van der Waals surface area contributed by atoms with Crippen LogP contribution in [0.2, 0.25) is 0 Å². The molecule has 3 aliphatic rings. The third-order valence-electron chi connectivity index (χ3n) is 7.08. The quantitative estimate of drug-likeness (QED) is 0.198. The molecule has 3 rings (SSSR count). The van der Waals surface area contributed by atoms with E-state index in [0.29, 0.717) is 19.4 Å². The molecule has 0 N–H and O–H groups in total. The number of esters is 2. The Hall–Kier alpha value is -1.74. The molecule has 0 amide bonds. The highest BCUT2D eigenvalue weighted by Gasteiger charge is 2.45. The first kappa shape index (κ1) is 28.8. The number of ether oxygens (including phenoxy) is 6. The average Bonchev–Trinajstić information content (AvgIpc) is 3.19. The van der Waals surface area contributed by atoms with Crippen LogP contribution in [0.15, 0.2) is 24.3 Å². The molecule has 8 nitrogen and oxygen atoms in total. The summed E-state index contributed by atoms with van der Waals surface area (Å²) in [6, 6.07) is 0. The zero-order valence-electron chi connectivity index (χ0n) is 21.9. The van der Waals surface area contributed by atoms with Crippen molar-refractivity contribution < 1.29 is 38.0 Å². The van der Waals surface area contributed by atoms with Crippen LogP contribution in [0.3, 0.4) is 0 Å². The van der Waals surface area contributed by atoms with Gasteiger partial charge in [-0.05, 0) is 57.8 Å². The second-order valence-electron chi connectivity index (χ2n) is 9.83. The normalized spacial score (nSPS) is 31.2. The van der Waals surface area contributed by atoms with Crippen molar-refractivity contribution in [1.82, 2.24) is 0 Å².